The zero-order valence-corrected chi connectivity index (χ0v) is 47.6. The van der Waals surface area contributed by atoms with Crippen LogP contribution in [-0.2, 0) is 50.1 Å². The second-order valence-electron chi connectivity index (χ2n) is 19.7. The van der Waals surface area contributed by atoms with E-state index in [-0.39, 0.29) is 87.2 Å². The summed E-state index contributed by atoms with van der Waals surface area (Å²) in [4.78, 5) is 33.3. The van der Waals surface area contributed by atoms with E-state index in [9.17, 15) is 14.7 Å². The maximum absolute atomic E-state index is 12.2. The predicted octanol–water partition coefficient (Wildman–Crippen LogP) is 10.6. The van der Waals surface area contributed by atoms with Crippen LogP contribution >= 0.6 is 0 Å². The van der Waals surface area contributed by atoms with Crippen LogP contribution in [0.5, 0.6) is 0 Å². The van der Waals surface area contributed by atoms with E-state index < -0.39 is 5.97 Å². The first-order chi connectivity index (χ1) is 34.2. The van der Waals surface area contributed by atoms with Gasteiger partial charge < -0.3 is 43.1 Å². The summed E-state index contributed by atoms with van der Waals surface area (Å²) in [5.41, 5.74) is 10.3. The molecule has 2 saturated carbocycles. The molecular formula is C59H73KN2O11. The Labute approximate surface area is 473 Å². The van der Waals surface area contributed by atoms with Gasteiger partial charge in [-0.2, -0.15) is 0 Å². The van der Waals surface area contributed by atoms with Crippen molar-refractivity contribution in [2.75, 3.05) is 7.11 Å². The minimum absolute atomic E-state index is 0. The van der Waals surface area contributed by atoms with Crippen molar-refractivity contribution in [1.29, 1.82) is 0 Å². The summed E-state index contributed by atoms with van der Waals surface area (Å²) in [6, 6.07) is 28.0. The number of ether oxygens (including phenoxy) is 5. The molecule has 0 amide bonds. The van der Waals surface area contributed by atoms with Crippen molar-refractivity contribution in [3.8, 4) is 22.9 Å². The quantitative estimate of drug-likeness (QED) is 0.0635. The summed E-state index contributed by atoms with van der Waals surface area (Å²) in [7, 11) is 1.41. The molecule has 2 aliphatic rings. The monoisotopic (exact) mass is 1020 g/mol. The van der Waals surface area contributed by atoms with Crippen LogP contribution in [0.2, 0.25) is 0 Å². The molecule has 386 valence electrons. The first-order valence-electron chi connectivity index (χ1n) is 25.3. The van der Waals surface area contributed by atoms with E-state index in [1.54, 1.807) is 0 Å². The summed E-state index contributed by atoms with van der Waals surface area (Å²) < 4.78 is 41.7. The van der Waals surface area contributed by atoms with E-state index in [1.807, 2.05) is 64.1 Å². The summed E-state index contributed by atoms with van der Waals surface area (Å²) in [6.07, 6.45) is 7.89. The molecule has 2 heterocycles. The van der Waals surface area contributed by atoms with Crippen LogP contribution in [0.3, 0.4) is 0 Å². The molecule has 73 heavy (non-hydrogen) atoms. The maximum Gasteiger partial charge on any atom is 1.00 e. The van der Waals surface area contributed by atoms with Gasteiger partial charge in [0.2, 0.25) is 11.8 Å². The van der Waals surface area contributed by atoms with Crippen molar-refractivity contribution in [2.24, 2.45) is 0 Å². The molecule has 0 radical (unpaired) electrons. The van der Waals surface area contributed by atoms with E-state index in [0.717, 1.165) is 102 Å². The summed E-state index contributed by atoms with van der Waals surface area (Å²) >= 11 is 0. The van der Waals surface area contributed by atoms with E-state index in [4.69, 9.17) is 37.5 Å². The van der Waals surface area contributed by atoms with Crippen LogP contribution in [0.15, 0.2) is 93.8 Å². The molecule has 4 aromatic carbocycles. The number of aryl methyl sites for hydroxylation is 4. The van der Waals surface area contributed by atoms with Crippen LogP contribution in [0.1, 0.15) is 168 Å². The zero-order valence-electron chi connectivity index (χ0n) is 44.5. The maximum atomic E-state index is 12.2. The third kappa shape index (κ3) is 16.3. The third-order valence-corrected chi connectivity index (χ3v) is 13.8. The second kappa shape index (κ2) is 28.5. The number of carbonyl (C=O) groups is 2. The molecule has 6 aromatic rings. The van der Waals surface area contributed by atoms with Gasteiger partial charge in [-0.3, -0.25) is 0 Å². The zero-order chi connectivity index (χ0) is 50.6. The first-order valence-corrected chi connectivity index (χ1v) is 25.3. The van der Waals surface area contributed by atoms with Gasteiger partial charge in [-0.1, -0.05) is 88.4 Å². The number of benzene rings is 4. The molecule has 0 aliphatic heterocycles. The minimum atomic E-state index is -0.912. The molecule has 14 heteroatoms. The van der Waals surface area contributed by atoms with Gasteiger partial charge in [-0.15, -0.1) is 0 Å². The van der Waals surface area contributed by atoms with Gasteiger partial charge in [-0.05, 0) is 149 Å². The summed E-state index contributed by atoms with van der Waals surface area (Å²) in [5.74, 6) is 2.55. The molecule has 13 nitrogen and oxygen atoms in total. The Balaban J connectivity index is 0.000000264. The smallest absolute Gasteiger partial charge is 0.870 e. The Morgan fingerprint density at radius 2 is 0.945 bits per heavy atom. The Morgan fingerprint density at radius 3 is 1.32 bits per heavy atom. The Morgan fingerprint density at radius 1 is 0.575 bits per heavy atom. The number of carboxylic acid groups (broad SMARTS) is 1. The van der Waals surface area contributed by atoms with Crippen molar-refractivity contribution < 1.29 is 104 Å². The number of oxazole rings is 2. The number of aromatic carboxylic acids is 1. The van der Waals surface area contributed by atoms with Crippen LogP contribution in [-0.4, -0.2) is 64.0 Å². The van der Waals surface area contributed by atoms with Crippen LogP contribution in [0.4, 0.5) is 0 Å². The second-order valence-corrected chi connectivity index (χ2v) is 19.7. The van der Waals surface area contributed by atoms with Gasteiger partial charge >= 0.3 is 63.3 Å². The first kappa shape index (κ1) is 59.6. The number of hydrogen-bond donors (Lipinski definition) is 1. The Kier molecular flexibility index (Phi) is 23.3. The van der Waals surface area contributed by atoms with E-state index in [0.29, 0.717) is 66.7 Å². The van der Waals surface area contributed by atoms with Crippen molar-refractivity contribution in [1.82, 2.24) is 9.97 Å². The summed E-state index contributed by atoms with van der Waals surface area (Å²) in [5, 5.41) is 9.55. The number of nitrogens with zero attached hydrogens (tertiary/aromatic N) is 2. The number of esters is 1. The van der Waals surface area contributed by atoms with Crippen molar-refractivity contribution in [3.63, 3.8) is 0 Å². The SMILES string of the molecule is COC(=O)c1c(C)cccc1CO[C@@H]1CCC[C@H](OCc2nc(-c3ccc(C(C)C)cc3)oc2C)C1.Cc1cccc(CO[C@@H]2CCC[C@H](OCc3nc(-c4ccc(C(C)C)cc4)oc3C)C2)c1C(=O)O.[K+].[OH-]. The van der Waals surface area contributed by atoms with Crippen LogP contribution in [0.25, 0.3) is 22.9 Å². The molecule has 0 unspecified atom stereocenters. The van der Waals surface area contributed by atoms with E-state index >= 15 is 0 Å². The number of hydrogen-bond acceptors (Lipinski definition) is 12. The molecule has 2 aromatic heterocycles. The molecule has 4 atom stereocenters. The molecular weight excluding hydrogens is 952 g/mol. The van der Waals surface area contributed by atoms with Gasteiger partial charge in [0.15, 0.2) is 0 Å². The van der Waals surface area contributed by atoms with Gasteiger partial charge in [0, 0.05) is 11.1 Å². The van der Waals surface area contributed by atoms with Gasteiger partial charge in [-0.25, -0.2) is 19.6 Å². The number of aromatic nitrogens is 2. The predicted molar refractivity (Wildman–Crippen MR) is 275 cm³/mol. The standard InChI is InChI=1S/C30H37NO5.C29H35NO5.K.H2O/c1-19(2)22-12-14-23(15-13-22)29-31-27(21(4)36-29)18-35-26-11-7-10-25(16-26)34-17-24-9-6-8-20(3)28(24)30(32)33-5;1-18(2)21-11-13-22(14-12-21)28-30-26(20(4)35-28)17-34-25-10-6-9-24(15-25)33-16-23-8-5-7-19(3)27(23)29(31)32;;/h6,8-9,12-15,19,25-26H,7,10-11,16-18H2,1-5H3;5,7-8,11-14,18,24-25H,6,9-10,15-17H2,1-4H3,(H,31,32);;1H2/q;;+1;/p-1/t25-,26+;24-,25+;;/m11../s1. The molecule has 8 rings (SSSR count). The third-order valence-electron chi connectivity index (χ3n) is 13.8. The van der Waals surface area contributed by atoms with Crippen molar-refractivity contribution in [2.45, 2.75) is 169 Å². The van der Waals surface area contributed by atoms with Crippen molar-refractivity contribution in [3.05, 3.63) is 152 Å². The Bertz CT molecular complexity index is 2690. The fourth-order valence-electron chi connectivity index (χ4n) is 9.41. The number of rotatable bonds is 18. The van der Waals surface area contributed by atoms with Crippen LogP contribution in [0, 0.1) is 27.7 Å². The molecule has 0 spiro atoms. The number of carbonyl (C=O) groups excluding carboxylic acids is 1. The largest absolute Gasteiger partial charge is 1.00 e. The topological polar surface area (TPSA) is 183 Å². The Hall–Kier alpha value is -4.32. The molecule has 2 N–H and O–H groups in total. The molecule has 0 bridgehead atoms. The van der Waals surface area contributed by atoms with Gasteiger partial charge in [0.25, 0.3) is 0 Å². The fourth-order valence-corrected chi connectivity index (χ4v) is 9.41. The van der Waals surface area contributed by atoms with Crippen molar-refractivity contribution >= 4 is 11.9 Å². The number of methoxy groups -OCH3 is 1. The molecule has 2 fully saturated rings. The van der Waals surface area contributed by atoms with E-state index in [2.05, 4.69) is 81.2 Å². The average Bonchev–Trinajstić information content (AvgIpc) is 3.94. The van der Waals surface area contributed by atoms with Gasteiger partial charge in [0.1, 0.15) is 22.9 Å². The number of carboxylic acids is 1. The van der Waals surface area contributed by atoms with E-state index in [1.165, 1.54) is 18.2 Å². The minimum Gasteiger partial charge on any atom is -0.870 e. The fraction of sp³-hybridized carbons (Fsp3) is 0.458. The van der Waals surface area contributed by atoms with Crippen LogP contribution < -0.4 is 51.4 Å². The molecule has 0 saturated heterocycles. The normalized spacial score (nSPS) is 17.6. The summed E-state index contributed by atoms with van der Waals surface area (Å²) in [6.45, 7) is 17.8. The van der Waals surface area contributed by atoms with Gasteiger partial charge in [0.05, 0.1) is 69.1 Å². The molecule has 2 aliphatic carbocycles. The average molecular weight is 1030 g/mol.